The van der Waals surface area contributed by atoms with Gasteiger partial charge in [0.05, 0.1) is 6.61 Å². The fraction of sp³-hybridized carbons (Fsp3) is 0.760. The molecular weight excluding hydrogens is 380 g/mol. The molecule has 1 unspecified atom stereocenters. The lowest BCUT2D eigenvalue weighted by Crippen LogP contribution is -2.48. The normalized spacial score (nSPS) is 29.4. The van der Waals surface area contributed by atoms with E-state index in [-0.39, 0.29) is 13.2 Å². The first-order valence-corrected chi connectivity index (χ1v) is 11.3. The number of esters is 2. The molecule has 0 heterocycles. The molecule has 0 aromatic rings. The molecule has 2 aliphatic carbocycles. The van der Waals surface area contributed by atoms with Crippen LogP contribution in [0, 0.1) is 22.7 Å². The number of ether oxygens (including phenoxy) is 2. The average Bonchev–Trinajstić information content (AvgIpc) is 2.63. The van der Waals surface area contributed by atoms with Crippen LogP contribution >= 0.6 is 0 Å². The van der Waals surface area contributed by atoms with E-state index < -0.39 is 18.0 Å². The minimum absolute atomic E-state index is 0.133. The third kappa shape index (κ3) is 5.96. The van der Waals surface area contributed by atoms with Crippen molar-refractivity contribution in [2.75, 3.05) is 13.2 Å². The predicted molar refractivity (Wildman–Crippen MR) is 118 cm³/mol. The highest BCUT2D eigenvalue weighted by atomic mass is 16.6. The first-order valence-electron chi connectivity index (χ1n) is 11.3. The summed E-state index contributed by atoms with van der Waals surface area (Å²) in [6, 6.07) is 0. The topological polar surface area (TPSA) is 72.8 Å². The maximum Gasteiger partial charge on any atom is 0.331 e. The Balaban J connectivity index is 1.99. The van der Waals surface area contributed by atoms with E-state index in [1.54, 1.807) is 0 Å². The molecular formula is C25H40O5. The minimum atomic E-state index is -0.835. The van der Waals surface area contributed by atoms with Crippen LogP contribution in [0.15, 0.2) is 23.3 Å². The Morgan fingerprint density at radius 2 is 1.97 bits per heavy atom. The smallest absolute Gasteiger partial charge is 0.331 e. The third-order valence-electron chi connectivity index (χ3n) is 7.45. The van der Waals surface area contributed by atoms with Gasteiger partial charge >= 0.3 is 11.9 Å². The Morgan fingerprint density at radius 3 is 2.60 bits per heavy atom. The van der Waals surface area contributed by atoms with E-state index in [0.29, 0.717) is 22.7 Å². The first-order chi connectivity index (χ1) is 14.0. The van der Waals surface area contributed by atoms with Crippen molar-refractivity contribution in [1.29, 1.82) is 0 Å². The number of carbonyl (C=O) groups is 2. The maximum atomic E-state index is 12.2. The largest absolute Gasteiger partial charge is 0.462 e. The van der Waals surface area contributed by atoms with Gasteiger partial charge in [0.2, 0.25) is 0 Å². The van der Waals surface area contributed by atoms with Crippen molar-refractivity contribution in [2.45, 2.75) is 86.2 Å². The van der Waals surface area contributed by atoms with Crippen LogP contribution in [-0.2, 0) is 19.1 Å². The first kappa shape index (κ1) is 24.6. The van der Waals surface area contributed by atoms with Gasteiger partial charge in [0, 0.05) is 13.0 Å². The second kappa shape index (κ2) is 10.1. The molecule has 0 spiro atoms. The maximum absolute atomic E-state index is 12.2. The van der Waals surface area contributed by atoms with Gasteiger partial charge < -0.3 is 14.6 Å². The fourth-order valence-corrected chi connectivity index (χ4v) is 5.87. The summed E-state index contributed by atoms with van der Waals surface area (Å²) < 4.78 is 10.0. The number of carbonyl (C=O) groups excluding carboxylic acids is 2. The molecule has 1 fully saturated rings. The Labute approximate surface area is 181 Å². The number of fused-ring (bicyclic) bond motifs is 1. The molecule has 2 aliphatic rings. The Hall–Kier alpha value is -1.62. The summed E-state index contributed by atoms with van der Waals surface area (Å²) in [5, 5.41) is 9.31. The highest BCUT2D eigenvalue weighted by Gasteiger charge is 2.51. The lowest BCUT2D eigenvalue weighted by Gasteiger charge is -2.57. The van der Waals surface area contributed by atoms with Crippen LogP contribution in [0.3, 0.4) is 0 Å². The van der Waals surface area contributed by atoms with Crippen LogP contribution in [-0.4, -0.2) is 36.4 Å². The SMILES string of the molecule is CC(=O)OCC(CO)OC(=O)/C=C(\C)CC[C@@H]1C(C)=CC[C@@H]2C(C)(C)CCC[C@@]12C. The Kier molecular flexibility index (Phi) is 8.32. The van der Waals surface area contributed by atoms with Crippen molar-refractivity contribution in [3.63, 3.8) is 0 Å². The van der Waals surface area contributed by atoms with E-state index in [1.807, 2.05) is 6.92 Å². The van der Waals surface area contributed by atoms with E-state index in [2.05, 4.69) is 33.8 Å². The summed E-state index contributed by atoms with van der Waals surface area (Å²) >= 11 is 0. The highest BCUT2D eigenvalue weighted by Crippen LogP contribution is 2.60. The lowest BCUT2D eigenvalue weighted by molar-refractivity contribution is -0.156. The third-order valence-corrected chi connectivity index (χ3v) is 7.45. The molecule has 4 atom stereocenters. The molecule has 1 saturated carbocycles. The van der Waals surface area contributed by atoms with Gasteiger partial charge in [-0.1, -0.05) is 44.4 Å². The quantitative estimate of drug-likeness (QED) is 0.341. The summed E-state index contributed by atoms with van der Waals surface area (Å²) in [6.07, 6.45) is 10.0. The van der Waals surface area contributed by atoms with Crippen molar-refractivity contribution in [3.05, 3.63) is 23.3 Å². The minimum Gasteiger partial charge on any atom is -0.462 e. The Morgan fingerprint density at radius 1 is 1.27 bits per heavy atom. The van der Waals surface area contributed by atoms with Crippen LogP contribution in [0.2, 0.25) is 0 Å². The summed E-state index contributed by atoms with van der Waals surface area (Å²) in [5.74, 6) is 0.264. The van der Waals surface area contributed by atoms with E-state index >= 15 is 0 Å². The van der Waals surface area contributed by atoms with Crippen molar-refractivity contribution < 1.29 is 24.2 Å². The molecule has 5 nitrogen and oxygen atoms in total. The summed E-state index contributed by atoms with van der Waals surface area (Å²) in [4.78, 5) is 23.1. The van der Waals surface area contributed by atoms with Gasteiger partial charge in [-0.3, -0.25) is 4.79 Å². The van der Waals surface area contributed by atoms with Crippen LogP contribution in [0.25, 0.3) is 0 Å². The zero-order valence-corrected chi connectivity index (χ0v) is 19.6. The molecule has 0 bridgehead atoms. The number of allylic oxidation sites excluding steroid dienone is 3. The Bertz CT molecular complexity index is 690. The number of aliphatic hydroxyl groups is 1. The molecule has 0 aromatic heterocycles. The van der Waals surface area contributed by atoms with Crippen molar-refractivity contribution >= 4 is 11.9 Å². The fourth-order valence-electron chi connectivity index (χ4n) is 5.87. The molecule has 30 heavy (non-hydrogen) atoms. The number of hydrogen-bond acceptors (Lipinski definition) is 5. The van der Waals surface area contributed by atoms with Gasteiger partial charge in [0.25, 0.3) is 0 Å². The predicted octanol–water partition coefficient (Wildman–Crippen LogP) is 4.98. The van der Waals surface area contributed by atoms with Gasteiger partial charge in [0.1, 0.15) is 6.61 Å². The average molecular weight is 421 g/mol. The van der Waals surface area contributed by atoms with Crippen molar-refractivity contribution in [2.24, 2.45) is 22.7 Å². The summed E-state index contributed by atoms with van der Waals surface area (Å²) in [5.41, 5.74) is 3.15. The van der Waals surface area contributed by atoms with Crippen LogP contribution < -0.4 is 0 Å². The molecule has 0 saturated heterocycles. The molecule has 2 rings (SSSR count). The van der Waals surface area contributed by atoms with Gasteiger partial charge in [-0.05, 0) is 68.6 Å². The zero-order valence-electron chi connectivity index (χ0n) is 19.6. The second-order valence-electron chi connectivity index (χ2n) is 10.2. The highest BCUT2D eigenvalue weighted by molar-refractivity contribution is 5.82. The van der Waals surface area contributed by atoms with Crippen LogP contribution in [0.4, 0.5) is 0 Å². The van der Waals surface area contributed by atoms with E-state index in [0.717, 1.165) is 18.4 Å². The molecule has 0 aromatic carbocycles. The van der Waals surface area contributed by atoms with Crippen LogP contribution in [0.5, 0.6) is 0 Å². The second-order valence-corrected chi connectivity index (χ2v) is 10.2. The molecule has 5 heteroatoms. The molecule has 0 aliphatic heterocycles. The lowest BCUT2D eigenvalue weighted by atomic mass is 9.48. The number of rotatable bonds is 8. The van der Waals surface area contributed by atoms with E-state index in [4.69, 9.17) is 9.47 Å². The molecule has 170 valence electrons. The van der Waals surface area contributed by atoms with E-state index in [1.165, 1.54) is 44.3 Å². The molecule has 1 N–H and O–H groups in total. The molecule has 0 radical (unpaired) electrons. The van der Waals surface area contributed by atoms with E-state index in [9.17, 15) is 14.7 Å². The monoisotopic (exact) mass is 420 g/mol. The molecule has 0 amide bonds. The van der Waals surface area contributed by atoms with Gasteiger partial charge in [0.15, 0.2) is 6.10 Å². The van der Waals surface area contributed by atoms with Gasteiger partial charge in [-0.2, -0.15) is 0 Å². The van der Waals surface area contributed by atoms with Gasteiger partial charge in [-0.15, -0.1) is 0 Å². The number of aliphatic hydroxyl groups excluding tert-OH is 1. The van der Waals surface area contributed by atoms with Gasteiger partial charge in [-0.25, -0.2) is 4.79 Å². The number of hydrogen-bond donors (Lipinski definition) is 1. The standard InChI is InChI=1S/C25H40O5/c1-17(14-23(28)30-20(15-26)16-29-19(3)27)8-10-21-18(2)9-11-22-24(4,5)12-7-13-25(21,22)6/h9,14,20-22,26H,7-8,10-13,15-16H2,1-6H3/b17-14+/t20?,21-,22-,25+/m1/s1. The van der Waals surface area contributed by atoms with Crippen molar-refractivity contribution in [1.82, 2.24) is 0 Å². The summed E-state index contributed by atoms with van der Waals surface area (Å²) in [7, 11) is 0. The van der Waals surface area contributed by atoms with Crippen molar-refractivity contribution in [3.8, 4) is 0 Å². The van der Waals surface area contributed by atoms with Crippen LogP contribution in [0.1, 0.15) is 80.1 Å². The summed E-state index contributed by atoms with van der Waals surface area (Å²) in [6.45, 7) is 12.3. The zero-order chi connectivity index (χ0) is 22.5.